The van der Waals surface area contributed by atoms with E-state index < -0.39 is 0 Å². The number of likely N-dealkylation sites (N-methyl/N-ethyl adjacent to an activating group) is 1. The lowest BCUT2D eigenvalue weighted by molar-refractivity contribution is 0.0915. The van der Waals surface area contributed by atoms with Gasteiger partial charge in [-0.2, -0.15) is 5.26 Å². The molecule has 0 spiro atoms. The van der Waals surface area contributed by atoms with E-state index in [4.69, 9.17) is 5.26 Å². The molecule has 2 atom stereocenters. The van der Waals surface area contributed by atoms with Crippen molar-refractivity contribution in [2.24, 2.45) is 0 Å². The molecule has 1 fully saturated rings. The average Bonchev–Trinajstić information content (AvgIpc) is 2.32. The fourth-order valence-electron chi connectivity index (χ4n) is 2.24. The van der Waals surface area contributed by atoms with E-state index in [2.05, 4.69) is 35.2 Å². The zero-order valence-corrected chi connectivity index (χ0v) is 10.7. The summed E-state index contributed by atoms with van der Waals surface area (Å²) >= 11 is 0. The number of piperazine rings is 1. The molecule has 0 saturated carbocycles. The summed E-state index contributed by atoms with van der Waals surface area (Å²) in [4.78, 5) is 4.92. The highest BCUT2D eigenvalue weighted by atomic mass is 15.3. The first-order chi connectivity index (χ1) is 7.71. The molecule has 1 aliphatic heterocycles. The van der Waals surface area contributed by atoms with Crippen molar-refractivity contribution in [2.45, 2.75) is 31.8 Å². The average molecular weight is 224 g/mol. The number of nitriles is 1. The maximum absolute atomic E-state index is 8.86. The van der Waals surface area contributed by atoms with Gasteiger partial charge >= 0.3 is 0 Å². The van der Waals surface area contributed by atoms with Gasteiger partial charge in [0.05, 0.1) is 12.1 Å². The lowest BCUT2D eigenvalue weighted by Gasteiger charge is -2.39. The molecule has 1 N–H and O–H groups in total. The molecule has 0 radical (unpaired) electrons. The number of rotatable bonds is 5. The van der Waals surface area contributed by atoms with Gasteiger partial charge in [0.2, 0.25) is 0 Å². The highest BCUT2D eigenvalue weighted by Gasteiger charge is 2.22. The molecule has 16 heavy (non-hydrogen) atoms. The van der Waals surface area contributed by atoms with E-state index in [9.17, 15) is 0 Å². The third kappa shape index (κ3) is 3.75. The molecule has 1 rings (SSSR count). The van der Waals surface area contributed by atoms with Crippen LogP contribution in [0.25, 0.3) is 0 Å². The van der Waals surface area contributed by atoms with Gasteiger partial charge in [0.25, 0.3) is 0 Å². The maximum atomic E-state index is 8.86. The molecular formula is C12H24N4. The van der Waals surface area contributed by atoms with Crippen LogP contribution in [-0.4, -0.2) is 62.2 Å². The van der Waals surface area contributed by atoms with Gasteiger partial charge in [-0.1, -0.05) is 6.92 Å². The van der Waals surface area contributed by atoms with Crippen LogP contribution in [0, 0.1) is 11.3 Å². The van der Waals surface area contributed by atoms with Crippen LogP contribution in [0.4, 0.5) is 0 Å². The van der Waals surface area contributed by atoms with Gasteiger partial charge in [0, 0.05) is 32.2 Å². The molecule has 1 heterocycles. The van der Waals surface area contributed by atoms with Crippen LogP contribution < -0.4 is 5.32 Å². The van der Waals surface area contributed by atoms with E-state index in [1.165, 1.54) is 6.42 Å². The Labute approximate surface area is 99.2 Å². The lowest BCUT2D eigenvalue weighted by atomic mass is 10.1. The highest BCUT2D eigenvalue weighted by molar-refractivity contribution is 4.90. The first-order valence-electron chi connectivity index (χ1n) is 6.20. The third-order valence-corrected chi connectivity index (χ3v) is 3.57. The molecular weight excluding hydrogens is 200 g/mol. The van der Waals surface area contributed by atoms with Crippen LogP contribution in [0.5, 0.6) is 0 Å². The van der Waals surface area contributed by atoms with Crippen molar-refractivity contribution >= 4 is 0 Å². The minimum atomic E-state index is -0.000248. The lowest BCUT2D eigenvalue weighted by Crippen LogP contribution is -2.51. The monoisotopic (exact) mass is 224 g/mol. The van der Waals surface area contributed by atoms with Crippen LogP contribution in [0.3, 0.4) is 0 Å². The van der Waals surface area contributed by atoms with Gasteiger partial charge < -0.3 is 15.1 Å². The number of hydrogen-bond acceptors (Lipinski definition) is 4. The first kappa shape index (κ1) is 13.4. The van der Waals surface area contributed by atoms with Crippen LogP contribution in [0.2, 0.25) is 0 Å². The summed E-state index contributed by atoms with van der Waals surface area (Å²) in [6.07, 6.45) is 2.13. The van der Waals surface area contributed by atoms with Crippen molar-refractivity contribution in [1.82, 2.24) is 15.1 Å². The normalized spacial score (nSPS) is 25.2. The highest BCUT2D eigenvalue weighted by Crippen LogP contribution is 2.11. The Hall–Kier alpha value is -0.630. The van der Waals surface area contributed by atoms with Crippen molar-refractivity contribution < 1.29 is 0 Å². The van der Waals surface area contributed by atoms with Crippen molar-refractivity contribution in [3.05, 3.63) is 0 Å². The fraction of sp³-hybridized carbons (Fsp3) is 0.917. The second-order valence-corrected chi connectivity index (χ2v) is 4.60. The Morgan fingerprint density at radius 3 is 2.81 bits per heavy atom. The Morgan fingerprint density at radius 1 is 1.50 bits per heavy atom. The summed E-state index contributed by atoms with van der Waals surface area (Å²) in [6.45, 7) is 6.71. The molecule has 2 unspecified atom stereocenters. The van der Waals surface area contributed by atoms with E-state index in [-0.39, 0.29) is 6.04 Å². The predicted octanol–water partition coefficient (Wildman–Crippen LogP) is 0.514. The summed E-state index contributed by atoms with van der Waals surface area (Å²) in [5.41, 5.74) is 0. The van der Waals surface area contributed by atoms with Crippen molar-refractivity contribution in [3.8, 4) is 6.07 Å². The molecule has 1 aliphatic rings. The van der Waals surface area contributed by atoms with Crippen molar-refractivity contribution in [1.29, 1.82) is 5.26 Å². The molecule has 4 heteroatoms. The van der Waals surface area contributed by atoms with Crippen LogP contribution in [0.1, 0.15) is 19.8 Å². The van der Waals surface area contributed by atoms with Crippen molar-refractivity contribution in [3.63, 3.8) is 0 Å². The predicted molar refractivity (Wildman–Crippen MR) is 66.2 cm³/mol. The molecule has 0 bridgehead atoms. The Morgan fingerprint density at radius 2 is 2.25 bits per heavy atom. The number of hydrogen-bond donors (Lipinski definition) is 1. The summed E-state index contributed by atoms with van der Waals surface area (Å²) in [5.74, 6) is 0. The zero-order valence-electron chi connectivity index (χ0n) is 10.7. The molecule has 0 aromatic rings. The summed E-state index contributed by atoms with van der Waals surface area (Å²) in [6, 6.07) is 2.96. The van der Waals surface area contributed by atoms with E-state index >= 15 is 0 Å². The topological polar surface area (TPSA) is 42.3 Å². The van der Waals surface area contributed by atoms with Gasteiger partial charge in [0.15, 0.2) is 0 Å². The number of nitrogens with zero attached hydrogens (tertiary/aromatic N) is 3. The van der Waals surface area contributed by atoms with E-state index in [0.717, 1.165) is 32.6 Å². The first-order valence-corrected chi connectivity index (χ1v) is 6.20. The molecule has 0 amide bonds. The molecule has 0 aromatic carbocycles. The second kappa shape index (κ2) is 6.85. The van der Waals surface area contributed by atoms with Gasteiger partial charge in [0.1, 0.15) is 0 Å². The minimum absolute atomic E-state index is 0.000248. The summed E-state index contributed by atoms with van der Waals surface area (Å²) in [5, 5.41) is 11.9. The van der Waals surface area contributed by atoms with Gasteiger partial charge in [-0.3, -0.25) is 0 Å². The summed E-state index contributed by atoms with van der Waals surface area (Å²) < 4.78 is 0. The Kier molecular flexibility index (Phi) is 5.75. The molecule has 4 nitrogen and oxygen atoms in total. The number of nitrogens with one attached hydrogen (secondary N) is 1. The van der Waals surface area contributed by atoms with E-state index in [1.807, 2.05) is 7.05 Å². The Balaban J connectivity index is 2.31. The smallest absolute Gasteiger partial charge is 0.0962 e. The third-order valence-electron chi connectivity index (χ3n) is 3.57. The standard InChI is InChI=1S/C12H24N4/c1-4-12-10-16(8-7-15(12)3)6-5-11(9-13)14-2/h11-12,14H,4-8,10H2,1-3H3. The molecule has 92 valence electrons. The SMILES string of the molecule is CCC1CN(CCC(C#N)NC)CCN1C. The fourth-order valence-corrected chi connectivity index (χ4v) is 2.24. The quantitative estimate of drug-likeness (QED) is 0.739. The van der Waals surface area contributed by atoms with Gasteiger partial charge in [-0.15, -0.1) is 0 Å². The van der Waals surface area contributed by atoms with Crippen molar-refractivity contribution in [2.75, 3.05) is 40.3 Å². The van der Waals surface area contributed by atoms with E-state index in [1.54, 1.807) is 0 Å². The maximum Gasteiger partial charge on any atom is 0.0962 e. The largest absolute Gasteiger partial charge is 0.305 e. The molecule has 0 aromatic heterocycles. The zero-order chi connectivity index (χ0) is 12.0. The van der Waals surface area contributed by atoms with Crippen LogP contribution in [-0.2, 0) is 0 Å². The van der Waals surface area contributed by atoms with Gasteiger partial charge in [-0.25, -0.2) is 0 Å². The molecule has 0 aliphatic carbocycles. The van der Waals surface area contributed by atoms with Crippen LogP contribution >= 0.6 is 0 Å². The molecule has 1 saturated heterocycles. The van der Waals surface area contributed by atoms with Gasteiger partial charge in [-0.05, 0) is 26.9 Å². The Bertz CT molecular complexity index is 236. The summed E-state index contributed by atoms with van der Waals surface area (Å²) in [7, 11) is 4.06. The van der Waals surface area contributed by atoms with E-state index in [0.29, 0.717) is 6.04 Å². The minimum Gasteiger partial charge on any atom is -0.305 e. The second-order valence-electron chi connectivity index (χ2n) is 4.60. The van der Waals surface area contributed by atoms with Crippen LogP contribution in [0.15, 0.2) is 0 Å².